The Labute approximate surface area is 113 Å². The Bertz CT molecular complexity index is 560. The molecule has 0 fully saturated rings. The number of carbonyl (C=O) groups is 1. The summed E-state index contributed by atoms with van der Waals surface area (Å²) < 4.78 is 25.3. The quantitative estimate of drug-likeness (QED) is 0.890. The number of carboxylic acids is 1. The third-order valence-corrected chi connectivity index (χ3v) is 5.16. The molecule has 0 radical (unpaired) electrons. The second kappa shape index (κ2) is 5.71. The molecule has 19 heavy (non-hydrogen) atoms. The third kappa shape index (κ3) is 3.54. The van der Waals surface area contributed by atoms with Crippen molar-refractivity contribution in [2.24, 2.45) is 0 Å². The topological polar surface area (TPSA) is 74.7 Å². The van der Waals surface area contributed by atoms with Gasteiger partial charge in [-0.05, 0) is 37.5 Å². The van der Waals surface area contributed by atoms with Crippen molar-refractivity contribution in [1.82, 2.24) is 4.31 Å². The fourth-order valence-corrected chi connectivity index (χ4v) is 3.35. The van der Waals surface area contributed by atoms with E-state index >= 15 is 0 Å². The van der Waals surface area contributed by atoms with Gasteiger partial charge < -0.3 is 5.11 Å². The van der Waals surface area contributed by atoms with Crippen LogP contribution in [0.4, 0.5) is 0 Å². The molecule has 1 atom stereocenters. The van der Waals surface area contributed by atoms with Gasteiger partial charge in [0.1, 0.15) is 6.04 Å². The molecule has 0 spiro atoms. The van der Waals surface area contributed by atoms with Gasteiger partial charge >= 0.3 is 5.97 Å². The number of hydrogen-bond donors (Lipinski definition) is 1. The van der Waals surface area contributed by atoms with Gasteiger partial charge in [-0.25, -0.2) is 8.42 Å². The molecule has 1 aromatic rings. The molecule has 0 aliphatic rings. The molecule has 0 amide bonds. The minimum Gasteiger partial charge on any atom is -0.480 e. The predicted octanol–water partition coefficient (Wildman–Crippen LogP) is 1.54. The van der Waals surface area contributed by atoms with Crippen LogP contribution >= 0.6 is 0 Å². The molecule has 6 heteroatoms. The van der Waals surface area contributed by atoms with Crippen LogP contribution in [0, 0.1) is 13.8 Å². The van der Waals surface area contributed by atoms with Crippen LogP contribution in [0.25, 0.3) is 0 Å². The Morgan fingerprint density at radius 2 is 1.79 bits per heavy atom. The van der Waals surface area contributed by atoms with E-state index in [0.29, 0.717) is 0 Å². The Morgan fingerprint density at radius 3 is 2.21 bits per heavy atom. The largest absolute Gasteiger partial charge is 0.480 e. The Morgan fingerprint density at radius 1 is 1.32 bits per heavy atom. The molecule has 0 aliphatic heterocycles. The number of aryl methyl sites for hydroxylation is 2. The summed E-state index contributed by atoms with van der Waals surface area (Å²) in [6.07, 6.45) is 0. The van der Waals surface area contributed by atoms with Crippen LogP contribution in [0.15, 0.2) is 18.2 Å². The van der Waals surface area contributed by atoms with Crippen LogP contribution in [0.1, 0.15) is 23.6 Å². The van der Waals surface area contributed by atoms with Crippen molar-refractivity contribution in [2.75, 3.05) is 7.05 Å². The van der Waals surface area contributed by atoms with E-state index in [-0.39, 0.29) is 5.75 Å². The first-order valence-electron chi connectivity index (χ1n) is 5.90. The molecule has 0 aliphatic carbocycles. The molecule has 1 rings (SSSR count). The molecule has 0 saturated heterocycles. The molecule has 5 nitrogen and oxygen atoms in total. The van der Waals surface area contributed by atoms with Crippen LogP contribution < -0.4 is 0 Å². The average Bonchev–Trinajstić information content (AvgIpc) is 2.32. The maximum absolute atomic E-state index is 12.2. The van der Waals surface area contributed by atoms with Crippen LogP contribution in [0.3, 0.4) is 0 Å². The standard InChI is InChI=1S/C13H19NO4S/c1-9-6-5-7-10(2)12(9)8-19(17,18)14(4)11(3)13(15)16/h5-7,11H,8H2,1-4H3,(H,15,16). The van der Waals surface area contributed by atoms with Gasteiger partial charge in [-0.2, -0.15) is 4.31 Å². The van der Waals surface area contributed by atoms with Gasteiger partial charge in [-0.1, -0.05) is 18.2 Å². The summed E-state index contributed by atoms with van der Waals surface area (Å²) in [5.74, 6) is -1.34. The molecular weight excluding hydrogens is 266 g/mol. The van der Waals surface area contributed by atoms with E-state index in [4.69, 9.17) is 5.11 Å². The fourth-order valence-electron chi connectivity index (χ4n) is 1.76. The van der Waals surface area contributed by atoms with Crippen molar-refractivity contribution in [3.63, 3.8) is 0 Å². The van der Waals surface area contributed by atoms with Crippen molar-refractivity contribution in [1.29, 1.82) is 0 Å². The number of likely N-dealkylation sites (N-methyl/N-ethyl adjacent to an activating group) is 1. The number of carboxylic acid groups (broad SMARTS) is 1. The Hall–Kier alpha value is -1.40. The zero-order chi connectivity index (χ0) is 14.8. The zero-order valence-corrected chi connectivity index (χ0v) is 12.4. The van der Waals surface area contributed by atoms with E-state index in [1.54, 1.807) is 0 Å². The number of sulfonamides is 1. The first-order chi connectivity index (χ1) is 8.66. The lowest BCUT2D eigenvalue weighted by atomic mass is 10.1. The third-order valence-electron chi connectivity index (χ3n) is 3.31. The SMILES string of the molecule is Cc1cccc(C)c1CS(=O)(=O)N(C)C(C)C(=O)O. The van der Waals surface area contributed by atoms with Crippen molar-refractivity contribution in [2.45, 2.75) is 32.6 Å². The maximum atomic E-state index is 12.2. The number of benzene rings is 1. The summed E-state index contributed by atoms with van der Waals surface area (Å²) >= 11 is 0. The first-order valence-corrected chi connectivity index (χ1v) is 7.51. The van der Waals surface area contributed by atoms with Crippen LogP contribution in [0.5, 0.6) is 0 Å². The van der Waals surface area contributed by atoms with Gasteiger partial charge in [-0.15, -0.1) is 0 Å². The van der Waals surface area contributed by atoms with E-state index in [2.05, 4.69) is 0 Å². The molecular formula is C13H19NO4S. The highest BCUT2D eigenvalue weighted by molar-refractivity contribution is 7.88. The van der Waals surface area contributed by atoms with Crippen LogP contribution in [0.2, 0.25) is 0 Å². The monoisotopic (exact) mass is 285 g/mol. The minimum atomic E-state index is -3.65. The Kier molecular flexibility index (Phi) is 4.70. The van der Waals surface area contributed by atoms with Gasteiger partial charge in [-0.3, -0.25) is 4.79 Å². The van der Waals surface area contributed by atoms with E-state index in [0.717, 1.165) is 21.0 Å². The van der Waals surface area contributed by atoms with E-state index in [1.165, 1.54) is 14.0 Å². The maximum Gasteiger partial charge on any atom is 0.321 e. The van der Waals surface area contributed by atoms with Crippen molar-refractivity contribution < 1.29 is 18.3 Å². The normalized spacial score (nSPS) is 13.5. The highest BCUT2D eigenvalue weighted by atomic mass is 32.2. The molecule has 1 N–H and O–H groups in total. The summed E-state index contributed by atoms with van der Waals surface area (Å²) in [4.78, 5) is 10.9. The van der Waals surface area contributed by atoms with Crippen molar-refractivity contribution in [3.05, 3.63) is 34.9 Å². The highest BCUT2D eigenvalue weighted by Crippen LogP contribution is 2.19. The molecule has 1 aromatic carbocycles. The average molecular weight is 285 g/mol. The van der Waals surface area contributed by atoms with Crippen LogP contribution in [-0.2, 0) is 20.6 Å². The number of aliphatic carboxylic acids is 1. The highest BCUT2D eigenvalue weighted by Gasteiger charge is 2.28. The minimum absolute atomic E-state index is 0.181. The Balaban J connectivity index is 3.07. The fraction of sp³-hybridized carbons (Fsp3) is 0.462. The smallest absolute Gasteiger partial charge is 0.321 e. The van der Waals surface area contributed by atoms with Gasteiger partial charge in [0.25, 0.3) is 0 Å². The van der Waals surface area contributed by atoms with Crippen LogP contribution in [-0.4, -0.2) is 36.9 Å². The molecule has 106 valence electrons. The molecule has 0 aromatic heterocycles. The summed E-state index contributed by atoms with van der Waals surface area (Å²) in [7, 11) is -2.36. The molecule has 0 bridgehead atoms. The predicted molar refractivity (Wildman–Crippen MR) is 73.4 cm³/mol. The first kappa shape index (κ1) is 15.7. The van der Waals surface area contributed by atoms with Crippen molar-refractivity contribution >= 4 is 16.0 Å². The lowest BCUT2D eigenvalue weighted by Gasteiger charge is -2.22. The molecule has 0 heterocycles. The number of rotatable bonds is 5. The summed E-state index contributed by atoms with van der Waals surface area (Å²) in [5.41, 5.74) is 2.51. The number of hydrogen-bond acceptors (Lipinski definition) is 3. The van der Waals surface area contributed by atoms with E-state index in [1.807, 2.05) is 32.0 Å². The lowest BCUT2D eigenvalue weighted by Crippen LogP contribution is -2.40. The van der Waals surface area contributed by atoms with E-state index < -0.39 is 22.0 Å². The second-order valence-corrected chi connectivity index (χ2v) is 6.69. The van der Waals surface area contributed by atoms with Gasteiger partial charge in [0.15, 0.2) is 0 Å². The summed E-state index contributed by atoms with van der Waals surface area (Å²) in [6.45, 7) is 5.04. The molecule has 0 saturated carbocycles. The van der Waals surface area contributed by atoms with E-state index in [9.17, 15) is 13.2 Å². The molecule has 1 unspecified atom stereocenters. The summed E-state index contributed by atoms with van der Waals surface area (Å²) in [5, 5.41) is 8.88. The van der Waals surface area contributed by atoms with Gasteiger partial charge in [0.2, 0.25) is 10.0 Å². The number of nitrogens with zero attached hydrogens (tertiary/aromatic N) is 1. The second-order valence-electron chi connectivity index (χ2n) is 4.66. The lowest BCUT2D eigenvalue weighted by molar-refractivity contribution is -0.140. The van der Waals surface area contributed by atoms with Gasteiger partial charge in [0, 0.05) is 7.05 Å². The zero-order valence-electron chi connectivity index (χ0n) is 11.5. The summed E-state index contributed by atoms with van der Waals surface area (Å²) in [6, 6.07) is 4.48. The van der Waals surface area contributed by atoms with Gasteiger partial charge in [0.05, 0.1) is 5.75 Å². The van der Waals surface area contributed by atoms with Crippen molar-refractivity contribution in [3.8, 4) is 0 Å².